The van der Waals surface area contributed by atoms with Crippen molar-refractivity contribution in [2.45, 2.75) is 24.8 Å². The van der Waals surface area contributed by atoms with Gasteiger partial charge in [0.25, 0.3) is 5.91 Å². The van der Waals surface area contributed by atoms with Crippen LogP contribution in [0.3, 0.4) is 0 Å². The number of anilines is 1. The molecule has 1 fully saturated rings. The molecule has 0 bridgehead atoms. The van der Waals surface area contributed by atoms with Gasteiger partial charge in [0.05, 0.1) is 18.2 Å². The molecule has 3 rings (SSSR count). The van der Waals surface area contributed by atoms with Gasteiger partial charge < -0.3 is 14.8 Å². The van der Waals surface area contributed by atoms with Gasteiger partial charge in [-0.15, -0.1) is 0 Å². The minimum atomic E-state index is -3.79. The molecular formula is C20H23ClN2O5S. The van der Waals surface area contributed by atoms with Crippen LogP contribution in [0.4, 0.5) is 5.69 Å². The summed E-state index contributed by atoms with van der Waals surface area (Å²) in [7, 11) is -3.79. The molecule has 1 heterocycles. The van der Waals surface area contributed by atoms with Crippen LogP contribution in [-0.2, 0) is 19.6 Å². The summed E-state index contributed by atoms with van der Waals surface area (Å²) < 4.78 is 38.0. The molecule has 7 nitrogen and oxygen atoms in total. The highest BCUT2D eigenvalue weighted by atomic mass is 35.5. The Labute approximate surface area is 175 Å². The lowest BCUT2D eigenvalue weighted by molar-refractivity contribution is -0.122. The molecule has 1 N–H and O–H groups in total. The van der Waals surface area contributed by atoms with Crippen molar-refractivity contribution in [2.75, 3.05) is 31.6 Å². The number of ether oxygens (including phenoxy) is 2. The number of sulfonamides is 1. The zero-order chi connectivity index (χ0) is 21.0. The lowest BCUT2D eigenvalue weighted by atomic mass is 10.2. The fourth-order valence-electron chi connectivity index (χ4n) is 2.90. The Kier molecular flexibility index (Phi) is 6.79. The van der Waals surface area contributed by atoms with Crippen LogP contribution in [0.15, 0.2) is 47.4 Å². The Morgan fingerprint density at radius 3 is 2.62 bits per heavy atom. The molecule has 0 aliphatic carbocycles. The SMILES string of the molecule is Cc1cccc(OC(C)C(=O)Nc2ccc(Cl)c(S(=O)(=O)N3CCOCC3)c2)c1. The van der Waals surface area contributed by atoms with E-state index in [-0.39, 0.29) is 23.0 Å². The van der Waals surface area contributed by atoms with E-state index in [4.69, 9.17) is 21.1 Å². The van der Waals surface area contributed by atoms with E-state index in [2.05, 4.69) is 5.32 Å². The Morgan fingerprint density at radius 1 is 1.21 bits per heavy atom. The number of carbonyl (C=O) groups excluding carboxylic acids is 1. The van der Waals surface area contributed by atoms with Crippen molar-refractivity contribution < 1.29 is 22.7 Å². The Morgan fingerprint density at radius 2 is 1.93 bits per heavy atom. The summed E-state index contributed by atoms with van der Waals surface area (Å²) in [6, 6.07) is 11.8. The largest absolute Gasteiger partial charge is 0.481 e. The molecule has 0 saturated carbocycles. The highest BCUT2D eigenvalue weighted by Gasteiger charge is 2.29. The summed E-state index contributed by atoms with van der Waals surface area (Å²) in [5.74, 6) is 0.183. The van der Waals surface area contributed by atoms with Gasteiger partial charge in [0.15, 0.2) is 6.10 Å². The van der Waals surface area contributed by atoms with Gasteiger partial charge in [-0.25, -0.2) is 8.42 Å². The molecule has 0 spiro atoms. The number of nitrogens with one attached hydrogen (secondary N) is 1. The van der Waals surface area contributed by atoms with Gasteiger partial charge in [-0.3, -0.25) is 4.79 Å². The molecule has 1 aliphatic heterocycles. The zero-order valence-corrected chi connectivity index (χ0v) is 17.8. The van der Waals surface area contributed by atoms with Crippen molar-refractivity contribution in [3.8, 4) is 5.75 Å². The quantitative estimate of drug-likeness (QED) is 0.749. The lowest BCUT2D eigenvalue weighted by Crippen LogP contribution is -2.40. The van der Waals surface area contributed by atoms with E-state index < -0.39 is 22.0 Å². The van der Waals surface area contributed by atoms with Crippen molar-refractivity contribution in [1.82, 2.24) is 4.31 Å². The summed E-state index contributed by atoms with van der Waals surface area (Å²) in [6.45, 7) is 4.75. The van der Waals surface area contributed by atoms with Crippen LogP contribution in [0.2, 0.25) is 5.02 Å². The van der Waals surface area contributed by atoms with Gasteiger partial charge in [0, 0.05) is 18.8 Å². The molecule has 9 heteroatoms. The van der Waals surface area contributed by atoms with Gasteiger partial charge in [0.2, 0.25) is 10.0 Å². The van der Waals surface area contributed by atoms with Crippen molar-refractivity contribution in [2.24, 2.45) is 0 Å². The first-order chi connectivity index (χ1) is 13.8. The van der Waals surface area contributed by atoms with Crippen LogP contribution >= 0.6 is 11.6 Å². The van der Waals surface area contributed by atoms with E-state index in [9.17, 15) is 13.2 Å². The van der Waals surface area contributed by atoms with Gasteiger partial charge in [-0.05, 0) is 49.7 Å². The number of nitrogens with zero attached hydrogens (tertiary/aromatic N) is 1. The average Bonchev–Trinajstić information content (AvgIpc) is 2.70. The second-order valence-electron chi connectivity index (χ2n) is 6.73. The first kappa shape index (κ1) is 21.6. The van der Waals surface area contributed by atoms with Crippen LogP contribution < -0.4 is 10.1 Å². The Bertz CT molecular complexity index is 990. The first-order valence-corrected chi connectivity index (χ1v) is 11.0. The number of carbonyl (C=O) groups is 1. The molecule has 156 valence electrons. The predicted molar refractivity (Wildman–Crippen MR) is 111 cm³/mol. The van der Waals surface area contributed by atoms with Crippen LogP contribution in [0.5, 0.6) is 5.75 Å². The first-order valence-electron chi connectivity index (χ1n) is 9.19. The molecule has 1 amide bonds. The molecule has 1 unspecified atom stereocenters. The smallest absolute Gasteiger partial charge is 0.265 e. The van der Waals surface area contributed by atoms with Crippen molar-refractivity contribution >= 4 is 33.2 Å². The van der Waals surface area contributed by atoms with Gasteiger partial charge in [-0.1, -0.05) is 23.7 Å². The van der Waals surface area contributed by atoms with Crippen LogP contribution in [0.1, 0.15) is 12.5 Å². The van der Waals surface area contributed by atoms with E-state index >= 15 is 0 Å². The van der Waals surface area contributed by atoms with Crippen LogP contribution in [0.25, 0.3) is 0 Å². The second kappa shape index (κ2) is 9.13. The fourth-order valence-corrected chi connectivity index (χ4v) is 4.80. The molecular weight excluding hydrogens is 416 g/mol. The summed E-state index contributed by atoms with van der Waals surface area (Å²) in [5.41, 5.74) is 1.34. The highest BCUT2D eigenvalue weighted by Crippen LogP contribution is 2.28. The van der Waals surface area contributed by atoms with Crippen molar-refractivity contribution in [3.05, 3.63) is 53.1 Å². The summed E-state index contributed by atoms with van der Waals surface area (Å²) in [4.78, 5) is 12.5. The van der Waals surface area contributed by atoms with E-state index in [1.807, 2.05) is 25.1 Å². The minimum absolute atomic E-state index is 0.0499. The minimum Gasteiger partial charge on any atom is -0.481 e. The summed E-state index contributed by atoms with van der Waals surface area (Å²) in [5, 5.41) is 2.78. The summed E-state index contributed by atoms with van der Waals surface area (Å²) in [6.07, 6.45) is -0.772. The maximum atomic E-state index is 12.9. The van der Waals surface area contributed by atoms with E-state index in [0.29, 0.717) is 24.7 Å². The van der Waals surface area contributed by atoms with Crippen molar-refractivity contribution in [3.63, 3.8) is 0 Å². The number of hydrogen-bond donors (Lipinski definition) is 1. The normalized spacial score (nSPS) is 16.2. The maximum Gasteiger partial charge on any atom is 0.265 e. The third-order valence-corrected chi connectivity index (χ3v) is 6.84. The number of hydrogen-bond acceptors (Lipinski definition) is 5. The third kappa shape index (κ3) is 5.27. The number of halogens is 1. The maximum absolute atomic E-state index is 12.9. The summed E-state index contributed by atoms with van der Waals surface area (Å²) >= 11 is 6.15. The van der Waals surface area contributed by atoms with E-state index in [1.165, 1.54) is 16.4 Å². The van der Waals surface area contributed by atoms with E-state index in [0.717, 1.165) is 5.56 Å². The highest BCUT2D eigenvalue weighted by molar-refractivity contribution is 7.89. The number of aryl methyl sites for hydroxylation is 1. The Hall–Kier alpha value is -2.13. The van der Waals surface area contributed by atoms with Crippen LogP contribution in [-0.4, -0.2) is 51.0 Å². The molecule has 1 aliphatic rings. The number of rotatable bonds is 6. The number of benzene rings is 2. The van der Waals surface area contributed by atoms with Gasteiger partial charge in [-0.2, -0.15) is 4.31 Å². The second-order valence-corrected chi connectivity index (χ2v) is 9.04. The van der Waals surface area contributed by atoms with Crippen molar-refractivity contribution in [1.29, 1.82) is 0 Å². The molecule has 0 radical (unpaired) electrons. The number of morpholine rings is 1. The monoisotopic (exact) mass is 438 g/mol. The lowest BCUT2D eigenvalue weighted by Gasteiger charge is -2.26. The zero-order valence-electron chi connectivity index (χ0n) is 16.2. The van der Waals surface area contributed by atoms with Gasteiger partial charge in [0.1, 0.15) is 10.6 Å². The predicted octanol–water partition coefficient (Wildman–Crippen LogP) is 3.08. The van der Waals surface area contributed by atoms with Gasteiger partial charge >= 0.3 is 0 Å². The number of amides is 1. The molecule has 2 aromatic rings. The van der Waals surface area contributed by atoms with E-state index in [1.54, 1.807) is 19.1 Å². The molecule has 29 heavy (non-hydrogen) atoms. The topological polar surface area (TPSA) is 84.9 Å². The van der Waals surface area contributed by atoms with Crippen LogP contribution in [0, 0.1) is 6.92 Å². The molecule has 2 aromatic carbocycles. The molecule has 0 aromatic heterocycles. The average molecular weight is 439 g/mol. The fraction of sp³-hybridized carbons (Fsp3) is 0.350. The third-order valence-electron chi connectivity index (χ3n) is 4.46. The molecule has 1 saturated heterocycles. The Balaban J connectivity index is 1.74. The molecule has 1 atom stereocenters. The standard InChI is InChI=1S/C20H23ClN2O5S/c1-14-4-3-5-17(12-14)28-15(2)20(24)22-16-6-7-18(21)19(13-16)29(25,26)23-8-10-27-11-9-23/h3-7,12-13,15H,8-11H2,1-2H3,(H,22,24).